The molecular formula is C18H18N6O3. The van der Waals surface area contributed by atoms with Crippen LogP contribution in [0.15, 0.2) is 41.2 Å². The van der Waals surface area contributed by atoms with E-state index >= 15 is 0 Å². The Morgan fingerprint density at radius 1 is 1.26 bits per heavy atom. The lowest BCUT2D eigenvalue weighted by molar-refractivity contribution is 0.280. The van der Waals surface area contributed by atoms with E-state index in [1.165, 1.54) is 0 Å². The van der Waals surface area contributed by atoms with Crippen LogP contribution in [-0.4, -0.2) is 31.8 Å². The van der Waals surface area contributed by atoms with Gasteiger partial charge in [0.15, 0.2) is 0 Å². The molecule has 27 heavy (non-hydrogen) atoms. The minimum Gasteiger partial charge on any atom is -0.495 e. The highest BCUT2D eigenvalue weighted by Gasteiger charge is 2.15. The van der Waals surface area contributed by atoms with Gasteiger partial charge in [-0.2, -0.15) is 4.98 Å². The maximum atomic E-state index is 5.87. The second kappa shape index (κ2) is 6.94. The van der Waals surface area contributed by atoms with Crippen LogP contribution in [0.3, 0.4) is 0 Å². The van der Waals surface area contributed by atoms with Crippen molar-refractivity contribution in [3.8, 4) is 11.6 Å². The third-order valence-corrected chi connectivity index (χ3v) is 4.02. The van der Waals surface area contributed by atoms with Crippen molar-refractivity contribution in [1.29, 1.82) is 0 Å². The number of hydrogen-bond donors (Lipinski definition) is 1. The second-order valence-electron chi connectivity index (χ2n) is 5.93. The Bertz CT molecular complexity index is 1090. The molecule has 0 atom stereocenters. The van der Waals surface area contributed by atoms with Crippen molar-refractivity contribution in [2.24, 2.45) is 0 Å². The Labute approximate surface area is 154 Å². The van der Waals surface area contributed by atoms with Gasteiger partial charge in [-0.1, -0.05) is 5.16 Å². The molecule has 0 saturated heterocycles. The number of nitrogens with zero attached hydrogens (tertiary/aromatic N) is 5. The minimum atomic E-state index is 0.141. The SMILES string of the molecule is COc1cccnc1Cn1ccc2nc(N)nc(OCc3cc(C)on3)c21. The number of nitrogen functional groups attached to an aromatic ring is 1. The first kappa shape index (κ1) is 16.8. The highest BCUT2D eigenvalue weighted by Crippen LogP contribution is 2.27. The Morgan fingerprint density at radius 2 is 2.15 bits per heavy atom. The number of methoxy groups -OCH3 is 1. The molecule has 4 heterocycles. The average Bonchev–Trinajstić information content (AvgIpc) is 3.26. The van der Waals surface area contributed by atoms with Crippen LogP contribution < -0.4 is 15.2 Å². The molecular weight excluding hydrogens is 348 g/mol. The van der Waals surface area contributed by atoms with E-state index in [4.69, 9.17) is 19.7 Å². The van der Waals surface area contributed by atoms with E-state index in [0.29, 0.717) is 35.1 Å². The fourth-order valence-electron chi connectivity index (χ4n) is 2.84. The van der Waals surface area contributed by atoms with Crippen LogP contribution in [0.5, 0.6) is 11.6 Å². The lowest BCUT2D eigenvalue weighted by atomic mass is 10.3. The van der Waals surface area contributed by atoms with Crippen LogP contribution in [0.4, 0.5) is 5.95 Å². The second-order valence-corrected chi connectivity index (χ2v) is 5.93. The largest absolute Gasteiger partial charge is 0.495 e. The van der Waals surface area contributed by atoms with Gasteiger partial charge in [-0.3, -0.25) is 4.98 Å². The summed E-state index contributed by atoms with van der Waals surface area (Å²) in [6.45, 7) is 2.50. The van der Waals surface area contributed by atoms with Crippen LogP contribution in [0.1, 0.15) is 17.1 Å². The van der Waals surface area contributed by atoms with Crippen molar-refractivity contribution in [2.45, 2.75) is 20.1 Å². The summed E-state index contributed by atoms with van der Waals surface area (Å²) in [6, 6.07) is 7.36. The Hall–Kier alpha value is -3.62. The van der Waals surface area contributed by atoms with Gasteiger partial charge in [-0.05, 0) is 25.1 Å². The molecule has 4 aromatic rings. The fourth-order valence-corrected chi connectivity index (χ4v) is 2.84. The summed E-state index contributed by atoms with van der Waals surface area (Å²) in [5.74, 6) is 1.93. The average molecular weight is 366 g/mol. The summed E-state index contributed by atoms with van der Waals surface area (Å²) in [4.78, 5) is 12.9. The molecule has 9 heteroatoms. The quantitative estimate of drug-likeness (QED) is 0.553. The van der Waals surface area contributed by atoms with E-state index in [2.05, 4.69) is 20.1 Å². The summed E-state index contributed by atoms with van der Waals surface area (Å²) in [6.07, 6.45) is 3.61. The number of nitrogens with two attached hydrogens (primary N) is 1. The van der Waals surface area contributed by atoms with Crippen molar-refractivity contribution in [2.75, 3.05) is 12.8 Å². The molecule has 0 saturated carbocycles. The monoisotopic (exact) mass is 366 g/mol. The van der Waals surface area contributed by atoms with Gasteiger partial charge in [0, 0.05) is 18.5 Å². The first-order valence-corrected chi connectivity index (χ1v) is 8.29. The molecule has 0 radical (unpaired) electrons. The van der Waals surface area contributed by atoms with E-state index in [9.17, 15) is 0 Å². The maximum Gasteiger partial charge on any atom is 0.243 e. The van der Waals surface area contributed by atoms with E-state index < -0.39 is 0 Å². The predicted molar refractivity (Wildman–Crippen MR) is 97.4 cm³/mol. The number of aryl methyl sites for hydroxylation is 1. The summed E-state index contributed by atoms with van der Waals surface area (Å²) in [5, 5.41) is 3.93. The van der Waals surface area contributed by atoms with Crippen molar-refractivity contribution >= 4 is 17.0 Å². The van der Waals surface area contributed by atoms with Gasteiger partial charge in [0.2, 0.25) is 11.8 Å². The van der Waals surface area contributed by atoms with Crippen molar-refractivity contribution in [3.63, 3.8) is 0 Å². The van der Waals surface area contributed by atoms with Crippen molar-refractivity contribution in [3.05, 3.63) is 53.8 Å². The number of hydrogen-bond acceptors (Lipinski definition) is 8. The number of pyridine rings is 1. The molecule has 2 N–H and O–H groups in total. The zero-order valence-electron chi connectivity index (χ0n) is 14.9. The van der Waals surface area contributed by atoms with Crippen molar-refractivity contribution in [1.82, 2.24) is 24.7 Å². The molecule has 9 nitrogen and oxygen atoms in total. The molecule has 0 unspecified atom stereocenters. The standard InChI is InChI=1S/C18H18N6O3/c1-11-8-12(23-27-11)10-26-17-16-13(21-18(19)22-17)5-7-24(16)9-14-15(25-2)4-3-6-20-14/h3-8H,9-10H2,1-2H3,(H2,19,21,22). The normalized spacial score (nSPS) is 11.0. The molecule has 0 spiro atoms. The Balaban J connectivity index is 1.69. The highest BCUT2D eigenvalue weighted by atomic mass is 16.5. The number of fused-ring (bicyclic) bond motifs is 1. The zero-order chi connectivity index (χ0) is 18.8. The summed E-state index contributed by atoms with van der Waals surface area (Å²) in [5.41, 5.74) is 8.68. The molecule has 0 aliphatic heterocycles. The van der Waals surface area contributed by atoms with Gasteiger partial charge in [-0.25, -0.2) is 4.98 Å². The van der Waals surface area contributed by atoms with Crippen LogP contribution >= 0.6 is 0 Å². The van der Waals surface area contributed by atoms with Gasteiger partial charge >= 0.3 is 0 Å². The minimum absolute atomic E-state index is 0.141. The third-order valence-electron chi connectivity index (χ3n) is 4.02. The van der Waals surface area contributed by atoms with Gasteiger partial charge < -0.3 is 24.3 Å². The van der Waals surface area contributed by atoms with Gasteiger partial charge in [0.05, 0.1) is 19.2 Å². The van der Waals surface area contributed by atoms with Crippen LogP contribution in [0, 0.1) is 6.92 Å². The summed E-state index contributed by atoms with van der Waals surface area (Å²) >= 11 is 0. The van der Waals surface area contributed by atoms with Gasteiger partial charge in [0.25, 0.3) is 0 Å². The van der Waals surface area contributed by atoms with Crippen molar-refractivity contribution < 1.29 is 14.0 Å². The Kier molecular flexibility index (Phi) is 4.33. The lowest BCUT2D eigenvalue weighted by Gasteiger charge is -2.11. The van der Waals surface area contributed by atoms with Gasteiger partial charge in [0.1, 0.15) is 35.0 Å². The van der Waals surface area contributed by atoms with E-state index in [-0.39, 0.29) is 12.6 Å². The number of rotatable bonds is 6. The first-order chi connectivity index (χ1) is 13.1. The molecule has 4 aromatic heterocycles. The molecule has 0 amide bonds. The van der Waals surface area contributed by atoms with Crippen LogP contribution in [0.25, 0.3) is 11.0 Å². The van der Waals surface area contributed by atoms with E-state index in [1.807, 2.05) is 35.9 Å². The summed E-state index contributed by atoms with van der Waals surface area (Å²) in [7, 11) is 1.62. The number of aromatic nitrogens is 5. The molecule has 0 aromatic carbocycles. The van der Waals surface area contributed by atoms with E-state index in [1.54, 1.807) is 19.4 Å². The number of anilines is 1. The topological polar surface area (TPSA) is 114 Å². The number of ether oxygens (including phenoxy) is 2. The Morgan fingerprint density at radius 3 is 2.93 bits per heavy atom. The molecule has 0 fully saturated rings. The zero-order valence-corrected chi connectivity index (χ0v) is 14.9. The first-order valence-electron chi connectivity index (χ1n) is 8.29. The molecule has 4 rings (SSSR count). The molecule has 0 bridgehead atoms. The fraction of sp³-hybridized carbons (Fsp3) is 0.222. The smallest absolute Gasteiger partial charge is 0.243 e. The molecule has 138 valence electrons. The van der Waals surface area contributed by atoms with Crippen LogP contribution in [-0.2, 0) is 13.2 Å². The highest BCUT2D eigenvalue weighted by molar-refractivity contribution is 5.82. The van der Waals surface area contributed by atoms with Gasteiger partial charge in [-0.15, -0.1) is 0 Å². The van der Waals surface area contributed by atoms with Crippen LogP contribution in [0.2, 0.25) is 0 Å². The van der Waals surface area contributed by atoms with E-state index in [0.717, 1.165) is 11.2 Å². The summed E-state index contributed by atoms with van der Waals surface area (Å²) < 4.78 is 18.3. The molecule has 0 aliphatic rings. The maximum absolute atomic E-state index is 5.87. The lowest BCUT2D eigenvalue weighted by Crippen LogP contribution is -2.07. The molecule has 0 aliphatic carbocycles. The predicted octanol–water partition coefficient (Wildman–Crippen LogP) is 2.34. The third kappa shape index (κ3) is 3.39.